The number of amides is 1. The van der Waals surface area contributed by atoms with Crippen LogP contribution >= 0.6 is 0 Å². The van der Waals surface area contributed by atoms with E-state index in [1.807, 2.05) is 0 Å². The Balaban J connectivity index is 1.09. The molecule has 5 rings (SSSR count). The second kappa shape index (κ2) is 12.0. The number of carbonyl (C=O) groups excluding carboxylic acids is 1. The summed E-state index contributed by atoms with van der Waals surface area (Å²) in [5, 5.41) is 7.40. The van der Waals surface area contributed by atoms with E-state index in [1.165, 1.54) is 83.7 Å². The van der Waals surface area contributed by atoms with Gasteiger partial charge in [-0.25, -0.2) is 0 Å². The summed E-state index contributed by atoms with van der Waals surface area (Å²) in [6, 6.07) is 1.44. The summed E-state index contributed by atoms with van der Waals surface area (Å²) in [6.07, 6.45) is 17.1. The van der Waals surface area contributed by atoms with E-state index in [0.717, 1.165) is 69.5 Å². The molecule has 0 aromatic carbocycles. The second-order valence-corrected chi connectivity index (χ2v) is 12.4. The lowest BCUT2D eigenvalue weighted by Gasteiger charge is -2.42. The lowest BCUT2D eigenvalue weighted by atomic mass is 9.69. The summed E-state index contributed by atoms with van der Waals surface area (Å²) in [7, 11) is 0. The van der Waals surface area contributed by atoms with Crippen molar-refractivity contribution in [1.82, 2.24) is 20.4 Å². The number of fused-ring (bicyclic) bond motifs is 1. The van der Waals surface area contributed by atoms with Crippen LogP contribution in [0.5, 0.6) is 0 Å². The smallest absolute Gasteiger partial charge is 0.225 e. The lowest BCUT2D eigenvalue weighted by Crippen LogP contribution is -2.45. The van der Waals surface area contributed by atoms with Gasteiger partial charge in [-0.2, -0.15) is 0 Å². The maximum Gasteiger partial charge on any atom is 0.225 e. The number of hydrogen-bond acceptors (Lipinski definition) is 5. The topological polar surface area (TPSA) is 73.6 Å². The molecule has 5 atom stereocenters. The Morgan fingerprint density at radius 2 is 1.68 bits per heavy atom. The third-order valence-corrected chi connectivity index (χ3v) is 10.2. The first-order chi connectivity index (χ1) is 16.7. The molecule has 2 heterocycles. The Bertz CT molecular complexity index is 645. The van der Waals surface area contributed by atoms with Gasteiger partial charge in [0.1, 0.15) is 0 Å². The Morgan fingerprint density at radius 3 is 2.47 bits per heavy atom. The first kappa shape index (κ1) is 25.0. The predicted molar refractivity (Wildman–Crippen MR) is 138 cm³/mol. The fraction of sp³-hybridized carbons (Fsp3) is 0.964. The largest absolute Gasteiger partial charge is 0.342 e. The van der Waals surface area contributed by atoms with E-state index in [4.69, 9.17) is 5.73 Å². The second-order valence-electron chi connectivity index (χ2n) is 12.4. The molecule has 0 bridgehead atoms. The Hall–Kier alpha value is -0.690. The molecule has 2 saturated heterocycles. The highest BCUT2D eigenvalue weighted by Gasteiger charge is 2.42. The van der Waals surface area contributed by atoms with E-state index in [9.17, 15) is 4.79 Å². The highest BCUT2D eigenvalue weighted by atomic mass is 16.2. The van der Waals surface area contributed by atoms with Crippen molar-refractivity contribution in [2.45, 2.75) is 95.6 Å². The van der Waals surface area contributed by atoms with Crippen LogP contribution in [-0.2, 0) is 4.79 Å². The number of nitrogens with one attached hydrogen (secondary N) is 2. The summed E-state index contributed by atoms with van der Waals surface area (Å²) in [6.45, 7) is 7.18. The first-order valence-electron chi connectivity index (χ1n) is 14.9. The van der Waals surface area contributed by atoms with Crippen LogP contribution in [-0.4, -0.2) is 73.7 Å². The van der Waals surface area contributed by atoms with Gasteiger partial charge < -0.3 is 16.0 Å². The molecule has 0 aromatic rings. The predicted octanol–water partition coefficient (Wildman–Crippen LogP) is 3.17. The summed E-state index contributed by atoms with van der Waals surface area (Å²) < 4.78 is 0. The molecule has 4 N–H and O–H groups in total. The molecule has 6 nitrogen and oxygen atoms in total. The van der Waals surface area contributed by atoms with Crippen LogP contribution in [0.15, 0.2) is 0 Å². The van der Waals surface area contributed by atoms with Crippen LogP contribution in [0.25, 0.3) is 0 Å². The fourth-order valence-corrected chi connectivity index (χ4v) is 8.28. The van der Waals surface area contributed by atoms with E-state index in [2.05, 4.69) is 20.4 Å². The molecule has 2 aliphatic heterocycles. The van der Waals surface area contributed by atoms with Crippen LogP contribution in [0, 0.1) is 29.6 Å². The van der Waals surface area contributed by atoms with Crippen molar-refractivity contribution in [2.75, 3.05) is 45.9 Å². The van der Waals surface area contributed by atoms with Crippen LogP contribution in [0.2, 0.25) is 0 Å². The summed E-state index contributed by atoms with van der Waals surface area (Å²) >= 11 is 0. The maximum atomic E-state index is 13.0. The van der Waals surface area contributed by atoms with Crippen LogP contribution < -0.4 is 16.4 Å². The lowest BCUT2D eigenvalue weighted by molar-refractivity contribution is -0.136. The standard InChI is InChI=1S/C28H51N5O/c29-12-13-30-18-21-6-8-23(9-7-21)24-10-11-26-27(17-24)33(20-31-26)19-22-4-3-5-25(16-22)28(34)32-14-1-2-15-32/h21-27,30-31H,1-20,29H2. The van der Waals surface area contributed by atoms with Gasteiger partial charge in [-0.15, -0.1) is 0 Å². The van der Waals surface area contributed by atoms with Gasteiger partial charge in [0.25, 0.3) is 0 Å². The Morgan fingerprint density at radius 1 is 0.882 bits per heavy atom. The number of hydrogen-bond donors (Lipinski definition) is 3. The van der Waals surface area contributed by atoms with Crippen molar-refractivity contribution in [2.24, 2.45) is 35.3 Å². The van der Waals surface area contributed by atoms with E-state index in [1.54, 1.807) is 0 Å². The van der Waals surface area contributed by atoms with Crippen molar-refractivity contribution < 1.29 is 4.79 Å². The molecule has 0 spiro atoms. The van der Waals surface area contributed by atoms with Gasteiger partial charge in [0, 0.05) is 57.4 Å². The maximum absolute atomic E-state index is 13.0. The normalized spacial score (nSPS) is 39.3. The quantitative estimate of drug-likeness (QED) is 0.472. The van der Waals surface area contributed by atoms with Gasteiger partial charge in [0.15, 0.2) is 0 Å². The molecule has 5 unspecified atom stereocenters. The van der Waals surface area contributed by atoms with Crippen LogP contribution in [0.1, 0.15) is 83.5 Å². The van der Waals surface area contributed by atoms with E-state index in [0.29, 0.717) is 23.8 Å². The van der Waals surface area contributed by atoms with Crippen LogP contribution in [0.4, 0.5) is 0 Å². The first-order valence-corrected chi connectivity index (χ1v) is 14.9. The van der Waals surface area contributed by atoms with E-state index < -0.39 is 0 Å². The SMILES string of the molecule is NCCNCC1CCC(C2CCC3NCN(CC4CCCC(C(=O)N5CCCC5)C4)C3C2)CC1. The minimum absolute atomic E-state index is 0.303. The zero-order chi connectivity index (χ0) is 23.3. The minimum Gasteiger partial charge on any atom is -0.342 e. The van der Waals surface area contributed by atoms with Crippen LogP contribution in [0.3, 0.4) is 0 Å². The summed E-state index contributed by atoms with van der Waals surface area (Å²) in [5.41, 5.74) is 5.63. The molecular formula is C28H51N5O. The number of likely N-dealkylation sites (tertiary alicyclic amines) is 1. The molecule has 3 saturated carbocycles. The van der Waals surface area contributed by atoms with Crippen molar-refractivity contribution in [3.05, 3.63) is 0 Å². The zero-order valence-electron chi connectivity index (χ0n) is 21.6. The third-order valence-electron chi connectivity index (χ3n) is 10.2. The highest BCUT2D eigenvalue weighted by molar-refractivity contribution is 5.79. The number of carbonyl (C=O) groups is 1. The summed E-state index contributed by atoms with van der Waals surface area (Å²) in [4.78, 5) is 18.0. The average Bonchev–Trinajstić information content (AvgIpc) is 3.55. The fourth-order valence-electron chi connectivity index (χ4n) is 8.28. The van der Waals surface area contributed by atoms with Gasteiger partial charge >= 0.3 is 0 Å². The van der Waals surface area contributed by atoms with E-state index in [-0.39, 0.29) is 0 Å². The van der Waals surface area contributed by atoms with Gasteiger partial charge in [-0.05, 0) is 107 Å². The Kier molecular flexibility index (Phi) is 8.84. The van der Waals surface area contributed by atoms with Gasteiger partial charge in [0.2, 0.25) is 5.91 Å². The van der Waals surface area contributed by atoms with Gasteiger partial charge in [-0.3, -0.25) is 15.0 Å². The molecule has 194 valence electrons. The van der Waals surface area contributed by atoms with E-state index >= 15 is 0 Å². The molecule has 0 aromatic heterocycles. The molecule has 0 radical (unpaired) electrons. The van der Waals surface area contributed by atoms with Gasteiger partial charge in [-0.1, -0.05) is 6.42 Å². The highest BCUT2D eigenvalue weighted by Crippen LogP contribution is 2.42. The average molecular weight is 474 g/mol. The van der Waals surface area contributed by atoms with Gasteiger partial charge in [0.05, 0.1) is 0 Å². The van der Waals surface area contributed by atoms with Crippen molar-refractivity contribution >= 4 is 5.91 Å². The number of nitrogens with zero attached hydrogens (tertiary/aromatic N) is 2. The molecule has 3 aliphatic carbocycles. The number of nitrogens with two attached hydrogens (primary N) is 1. The monoisotopic (exact) mass is 473 g/mol. The van der Waals surface area contributed by atoms with Crippen molar-refractivity contribution in [3.8, 4) is 0 Å². The van der Waals surface area contributed by atoms with Crippen molar-refractivity contribution in [3.63, 3.8) is 0 Å². The summed E-state index contributed by atoms with van der Waals surface area (Å²) in [5.74, 6) is 4.24. The molecule has 34 heavy (non-hydrogen) atoms. The number of rotatable bonds is 8. The Labute approximate surface area is 208 Å². The van der Waals surface area contributed by atoms with Crippen molar-refractivity contribution in [1.29, 1.82) is 0 Å². The molecule has 6 heteroatoms. The third kappa shape index (κ3) is 5.99. The molecular weight excluding hydrogens is 422 g/mol. The molecule has 1 amide bonds. The molecule has 5 fully saturated rings. The zero-order valence-corrected chi connectivity index (χ0v) is 21.6. The molecule has 5 aliphatic rings. The minimum atomic E-state index is 0.303.